The van der Waals surface area contributed by atoms with E-state index in [-0.39, 0.29) is 17.3 Å². The maximum absolute atomic E-state index is 12.3. The number of nitrogen functional groups attached to an aromatic ring is 1. The van der Waals surface area contributed by atoms with Gasteiger partial charge >= 0.3 is 6.61 Å². The van der Waals surface area contributed by atoms with Crippen LogP contribution < -0.4 is 15.8 Å². The van der Waals surface area contributed by atoms with Crippen LogP contribution in [0.4, 0.5) is 19.6 Å². The molecule has 2 aromatic rings. The summed E-state index contributed by atoms with van der Waals surface area (Å²) < 4.78 is 29.6. The molecule has 1 aromatic heterocycles. The van der Waals surface area contributed by atoms with Gasteiger partial charge in [-0.1, -0.05) is 35.2 Å². The molecular formula is C12H12F2N4O2S2. The fraction of sp³-hybridized carbons (Fsp3) is 0.250. The van der Waals surface area contributed by atoms with Crippen molar-refractivity contribution in [3.05, 3.63) is 24.3 Å². The minimum absolute atomic E-state index is 0.0943. The molecule has 22 heavy (non-hydrogen) atoms. The quantitative estimate of drug-likeness (QED) is 0.782. The average Bonchev–Trinajstić information content (AvgIpc) is 2.85. The number of para-hydroxylation sites is 2. The van der Waals surface area contributed by atoms with Crippen molar-refractivity contribution in [1.82, 2.24) is 10.2 Å². The molecular weight excluding hydrogens is 334 g/mol. The Morgan fingerprint density at radius 2 is 2.14 bits per heavy atom. The van der Waals surface area contributed by atoms with E-state index in [9.17, 15) is 13.6 Å². The molecule has 6 nitrogen and oxygen atoms in total. The fourth-order valence-corrected chi connectivity index (χ4v) is 3.26. The van der Waals surface area contributed by atoms with Crippen LogP contribution in [0.15, 0.2) is 28.6 Å². The predicted octanol–water partition coefficient (Wildman–Crippen LogP) is 2.84. The van der Waals surface area contributed by atoms with Crippen molar-refractivity contribution >= 4 is 39.8 Å². The summed E-state index contributed by atoms with van der Waals surface area (Å²) in [4.78, 5) is 12.1. The third-order valence-corrected chi connectivity index (χ3v) is 4.37. The van der Waals surface area contributed by atoms with E-state index in [1.165, 1.54) is 41.3 Å². The van der Waals surface area contributed by atoms with Crippen molar-refractivity contribution in [3.63, 3.8) is 0 Å². The summed E-state index contributed by atoms with van der Waals surface area (Å²) in [7, 11) is 0. The Morgan fingerprint density at radius 1 is 1.41 bits per heavy atom. The Balaban J connectivity index is 2.02. The lowest BCUT2D eigenvalue weighted by atomic mass is 10.3. The number of rotatable bonds is 6. The van der Waals surface area contributed by atoms with Gasteiger partial charge in [-0.15, -0.1) is 10.2 Å². The first kappa shape index (κ1) is 16.4. The van der Waals surface area contributed by atoms with Gasteiger partial charge in [0, 0.05) is 0 Å². The number of hydrogen-bond acceptors (Lipinski definition) is 7. The van der Waals surface area contributed by atoms with E-state index < -0.39 is 11.9 Å². The number of thioether (sulfide) groups is 1. The zero-order valence-electron chi connectivity index (χ0n) is 11.3. The molecule has 1 aromatic carbocycles. The zero-order valence-corrected chi connectivity index (χ0v) is 13.0. The zero-order chi connectivity index (χ0) is 16.1. The molecule has 10 heteroatoms. The molecule has 0 fully saturated rings. The highest BCUT2D eigenvalue weighted by Crippen LogP contribution is 2.30. The predicted molar refractivity (Wildman–Crippen MR) is 81.3 cm³/mol. The second kappa shape index (κ2) is 7.36. The Labute approximate surface area is 133 Å². The number of carbonyl (C=O) groups is 1. The number of anilines is 2. The number of aromatic nitrogens is 2. The Hall–Kier alpha value is -1.94. The first-order chi connectivity index (χ1) is 10.5. The van der Waals surface area contributed by atoms with Crippen LogP contribution in [0.25, 0.3) is 0 Å². The highest BCUT2D eigenvalue weighted by molar-refractivity contribution is 8.02. The molecule has 0 spiro atoms. The third-order valence-electron chi connectivity index (χ3n) is 2.43. The van der Waals surface area contributed by atoms with Crippen molar-refractivity contribution < 1.29 is 18.3 Å². The Bertz CT molecular complexity index is 654. The van der Waals surface area contributed by atoms with E-state index in [0.29, 0.717) is 9.47 Å². The maximum atomic E-state index is 12.3. The largest absolute Gasteiger partial charge is 0.433 e. The van der Waals surface area contributed by atoms with E-state index in [1.54, 1.807) is 13.0 Å². The van der Waals surface area contributed by atoms with Gasteiger partial charge in [0.1, 0.15) is 5.75 Å². The summed E-state index contributed by atoms with van der Waals surface area (Å²) in [6.07, 6.45) is 0. The lowest BCUT2D eigenvalue weighted by Gasteiger charge is -2.14. The van der Waals surface area contributed by atoms with E-state index in [2.05, 4.69) is 20.3 Å². The smallest absolute Gasteiger partial charge is 0.387 e. The normalized spacial score (nSPS) is 12.2. The number of carbonyl (C=O) groups excluding carboxylic acids is 1. The number of nitrogens with one attached hydrogen (secondary N) is 1. The first-order valence-electron chi connectivity index (χ1n) is 6.06. The van der Waals surface area contributed by atoms with Crippen molar-refractivity contribution in [2.45, 2.75) is 23.1 Å². The molecule has 1 atom stereocenters. The number of halogens is 2. The SMILES string of the molecule is CC(Sc1nnc(N)s1)C(=O)Nc1ccccc1OC(F)F. The standard InChI is InChI=1S/C12H12F2N4O2S2/c1-6(21-12-18-17-11(15)22-12)9(19)16-7-4-2-3-5-8(7)20-10(13)14/h2-6,10H,1H3,(H2,15,17)(H,16,19). The summed E-state index contributed by atoms with van der Waals surface area (Å²) in [5.41, 5.74) is 5.64. The average molecular weight is 346 g/mol. The maximum Gasteiger partial charge on any atom is 0.387 e. The molecule has 1 unspecified atom stereocenters. The van der Waals surface area contributed by atoms with Gasteiger partial charge in [0.05, 0.1) is 10.9 Å². The van der Waals surface area contributed by atoms with Gasteiger partial charge in [-0.2, -0.15) is 8.78 Å². The Morgan fingerprint density at radius 3 is 2.77 bits per heavy atom. The second-order valence-corrected chi connectivity index (χ2v) is 6.63. The van der Waals surface area contributed by atoms with Crippen molar-refractivity contribution in [3.8, 4) is 5.75 Å². The van der Waals surface area contributed by atoms with Crippen LogP contribution in [0.3, 0.4) is 0 Å². The van der Waals surface area contributed by atoms with Gasteiger partial charge in [0.25, 0.3) is 0 Å². The monoisotopic (exact) mass is 346 g/mol. The van der Waals surface area contributed by atoms with Crippen LogP contribution in [0, 0.1) is 0 Å². The van der Waals surface area contributed by atoms with Crippen molar-refractivity contribution in [2.75, 3.05) is 11.1 Å². The molecule has 0 saturated carbocycles. The van der Waals surface area contributed by atoms with E-state index in [1.807, 2.05) is 0 Å². The van der Waals surface area contributed by atoms with Gasteiger partial charge < -0.3 is 15.8 Å². The van der Waals surface area contributed by atoms with Crippen LogP contribution in [0.5, 0.6) is 5.75 Å². The summed E-state index contributed by atoms with van der Waals surface area (Å²) in [5.74, 6) is -0.465. The molecule has 118 valence electrons. The number of amides is 1. The molecule has 3 N–H and O–H groups in total. The van der Waals surface area contributed by atoms with Crippen molar-refractivity contribution in [1.29, 1.82) is 0 Å². The minimum Gasteiger partial charge on any atom is -0.433 e. The minimum atomic E-state index is -2.96. The summed E-state index contributed by atoms with van der Waals surface area (Å²) >= 11 is 2.34. The highest BCUT2D eigenvalue weighted by Gasteiger charge is 2.19. The molecule has 2 rings (SSSR count). The lowest BCUT2D eigenvalue weighted by molar-refractivity contribution is -0.115. The summed E-state index contributed by atoms with van der Waals surface area (Å²) in [5, 5.41) is 9.81. The van der Waals surface area contributed by atoms with Crippen LogP contribution in [0.2, 0.25) is 0 Å². The van der Waals surface area contributed by atoms with Crippen LogP contribution >= 0.6 is 23.1 Å². The van der Waals surface area contributed by atoms with Crippen LogP contribution in [-0.4, -0.2) is 28.0 Å². The molecule has 0 aliphatic rings. The van der Waals surface area contributed by atoms with Gasteiger partial charge in [-0.3, -0.25) is 4.79 Å². The molecule has 0 aliphatic heterocycles. The Kier molecular flexibility index (Phi) is 5.50. The number of alkyl halides is 2. The number of hydrogen-bond donors (Lipinski definition) is 2. The lowest BCUT2D eigenvalue weighted by Crippen LogP contribution is -2.23. The van der Waals surface area contributed by atoms with E-state index in [4.69, 9.17) is 5.73 Å². The van der Waals surface area contributed by atoms with Gasteiger partial charge in [0.15, 0.2) is 4.34 Å². The summed E-state index contributed by atoms with van der Waals surface area (Å²) in [6.45, 7) is -1.30. The summed E-state index contributed by atoms with van der Waals surface area (Å²) in [6, 6.07) is 5.98. The van der Waals surface area contributed by atoms with Gasteiger partial charge in [0.2, 0.25) is 11.0 Å². The molecule has 0 saturated heterocycles. The second-order valence-electron chi connectivity index (χ2n) is 4.03. The number of ether oxygens (including phenoxy) is 1. The van der Waals surface area contributed by atoms with E-state index in [0.717, 1.165) is 0 Å². The number of nitrogens with two attached hydrogens (primary N) is 1. The molecule has 0 bridgehead atoms. The fourth-order valence-electron chi connectivity index (χ4n) is 1.48. The topological polar surface area (TPSA) is 90.1 Å². The van der Waals surface area contributed by atoms with Crippen LogP contribution in [0.1, 0.15) is 6.92 Å². The molecule has 0 radical (unpaired) electrons. The molecule has 1 heterocycles. The van der Waals surface area contributed by atoms with Crippen LogP contribution in [-0.2, 0) is 4.79 Å². The van der Waals surface area contributed by atoms with Gasteiger partial charge in [-0.05, 0) is 19.1 Å². The number of benzene rings is 1. The van der Waals surface area contributed by atoms with Crippen molar-refractivity contribution in [2.24, 2.45) is 0 Å². The first-order valence-corrected chi connectivity index (χ1v) is 7.75. The van der Waals surface area contributed by atoms with Gasteiger partial charge in [-0.25, -0.2) is 0 Å². The van der Waals surface area contributed by atoms with E-state index >= 15 is 0 Å². The third kappa shape index (κ3) is 4.53. The molecule has 0 aliphatic carbocycles. The number of nitrogens with zero attached hydrogens (tertiary/aromatic N) is 2. The molecule has 1 amide bonds. The highest BCUT2D eigenvalue weighted by atomic mass is 32.2.